The van der Waals surface area contributed by atoms with E-state index in [1.807, 2.05) is 0 Å². The topological polar surface area (TPSA) is 187 Å². The van der Waals surface area contributed by atoms with Crippen molar-refractivity contribution in [3.63, 3.8) is 0 Å². The Hall–Kier alpha value is -0.200. The molecule has 12 heteroatoms. The maximum absolute atomic E-state index is 11.0. The molecule has 0 aliphatic carbocycles. The van der Waals surface area contributed by atoms with E-state index < -0.39 is 54.0 Å². The predicted octanol–water partition coefficient (Wildman–Crippen LogP) is -8.02. The number of carbonyl (C=O) groups is 4. The van der Waals surface area contributed by atoms with Crippen LogP contribution in [0.5, 0.6) is 0 Å². The quantitative estimate of drug-likeness (QED) is 0.233. The van der Waals surface area contributed by atoms with E-state index in [9.17, 15) is 24.3 Å². The Balaban J connectivity index is -0.000000162. The molecule has 22 heavy (non-hydrogen) atoms. The molecule has 0 saturated carbocycles. The number of carbonyl (C=O) groups excluding carboxylic acids is 1. The van der Waals surface area contributed by atoms with Gasteiger partial charge in [-0.15, -0.1) is 0 Å². The summed E-state index contributed by atoms with van der Waals surface area (Å²) in [6.07, 6.45) is -0.143. The molecule has 0 spiro atoms. The van der Waals surface area contributed by atoms with Crippen molar-refractivity contribution in [2.45, 2.75) is 19.4 Å². The molecule has 0 fully saturated rings. The largest absolute Gasteiger partial charge is 1.00 e. The number of hydrogen-bond acceptors (Lipinski definition) is 6. The van der Waals surface area contributed by atoms with Crippen molar-refractivity contribution in [2.24, 2.45) is 0 Å². The van der Waals surface area contributed by atoms with Crippen molar-refractivity contribution in [1.29, 1.82) is 0 Å². The van der Waals surface area contributed by atoms with E-state index in [1.54, 1.807) is 0 Å². The van der Waals surface area contributed by atoms with Crippen molar-refractivity contribution >= 4 is 23.9 Å². The van der Waals surface area contributed by atoms with Gasteiger partial charge in [-0.1, -0.05) is 6.92 Å². The Morgan fingerprint density at radius 3 is 1.36 bits per heavy atom. The average molecular weight is 342 g/mol. The molecule has 0 bridgehead atoms. The fourth-order valence-electron chi connectivity index (χ4n) is 2.08. The first-order valence-electron chi connectivity index (χ1n) is 5.36. The molecular formula is C10H20N2Na2O8. The molecule has 0 aliphatic rings. The average Bonchev–Trinajstić information content (AvgIpc) is 2.12. The first-order chi connectivity index (χ1) is 8.64. The molecule has 0 heterocycles. The summed E-state index contributed by atoms with van der Waals surface area (Å²) in [7, 11) is 0. The standard InChI is InChI=1S/C10H15NO8.H3N.2Na.2H/c1-2-6(10(18)19)11(3-7(12)13,4-8(14)15)5-9(16)17;;;;;/h6H,2-5H2,1H3,(H3-,12,13,14,15,16,17,18,19);1H3;;;;/q;;2*+1;2*-1. The van der Waals surface area contributed by atoms with E-state index in [0.717, 1.165) is 0 Å². The van der Waals surface area contributed by atoms with Gasteiger partial charge in [0.2, 0.25) is 0 Å². The second-order valence-electron chi connectivity index (χ2n) is 4.12. The van der Waals surface area contributed by atoms with Crippen LogP contribution in [0.3, 0.4) is 0 Å². The van der Waals surface area contributed by atoms with Crippen LogP contribution in [0.15, 0.2) is 0 Å². The minimum Gasteiger partial charge on any atom is -1.00 e. The molecule has 0 aromatic rings. The van der Waals surface area contributed by atoms with Gasteiger partial charge in [0.05, 0.1) is 5.97 Å². The van der Waals surface area contributed by atoms with Crippen molar-refractivity contribution in [3.8, 4) is 0 Å². The molecule has 0 aromatic carbocycles. The summed E-state index contributed by atoms with van der Waals surface area (Å²) in [5.41, 5.74) is 0. The first-order valence-corrected chi connectivity index (χ1v) is 5.36. The van der Waals surface area contributed by atoms with Crippen LogP contribution in [-0.4, -0.2) is 69.4 Å². The zero-order valence-corrected chi connectivity index (χ0v) is 16.9. The van der Waals surface area contributed by atoms with Gasteiger partial charge in [0.25, 0.3) is 0 Å². The van der Waals surface area contributed by atoms with Gasteiger partial charge in [-0.3, -0.25) is 4.48 Å². The second-order valence-corrected chi connectivity index (χ2v) is 4.12. The van der Waals surface area contributed by atoms with Crippen molar-refractivity contribution in [3.05, 3.63) is 0 Å². The fraction of sp³-hybridized carbons (Fsp3) is 0.600. The Labute approximate surface area is 174 Å². The number of rotatable bonds is 9. The molecule has 1 unspecified atom stereocenters. The summed E-state index contributed by atoms with van der Waals surface area (Å²) in [5.74, 6) is -6.13. The predicted molar refractivity (Wildman–Crippen MR) is 64.1 cm³/mol. The summed E-state index contributed by atoms with van der Waals surface area (Å²) >= 11 is 0. The summed E-state index contributed by atoms with van der Waals surface area (Å²) in [6, 6.07) is -1.52. The third kappa shape index (κ3) is 9.74. The normalized spacial score (nSPS) is 11.0. The number of quaternary nitrogens is 1. The van der Waals surface area contributed by atoms with Gasteiger partial charge >= 0.3 is 77.0 Å². The number of carboxylic acids is 4. The van der Waals surface area contributed by atoms with Gasteiger partial charge in [0, 0.05) is 6.42 Å². The monoisotopic (exact) mass is 342 g/mol. The maximum atomic E-state index is 11.0. The molecule has 0 radical (unpaired) electrons. The van der Waals surface area contributed by atoms with E-state index in [2.05, 4.69) is 0 Å². The van der Waals surface area contributed by atoms with Crippen LogP contribution in [0.4, 0.5) is 0 Å². The van der Waals surface area contributed by atoms with E-state index in [0.29, 0.717) is 0 Å². The smallest absolute Gasteiger partial charge is 1.00 e. The molecule has 1 atom stereocenters. The SMILES string of the molecule is CCC(C(=O)[O-])[N+](CC(=O)O)(CC(=O)O)CC(=O)O.N.[H-].[H-].[Na+].[Na+]. The minimum atomic E-state index is -1.67. The summed E-state index contributed by atoms with van der Waals surface area (Å²) < 4.78 is -1.13. The molecule has 0 aromatic heterocycles. The Morgan fingerprint density at radius 1 is 0.955 bits per heavy atom. The third-order valence-electron chi connectivity index (χ3n) is 2.67. The maximum Gasteiger partial charge on any atom is 1.00 e. The zero-order valence-electron chi connectivity index (χ0n) is 14.9. The number of carboxylic acid groups (broad SMARTS) is 4. The van der Waals surface area contributed by atoms with Crippen molar-refractivity contribution in [2.75, 3.05) is 19.6 Å². The first kappa shape index (κ1) is 29.8. The van der Waals surface area contributed by atoms with E-state index in [-0.39, 0.29) is 74.5 Å². The van der Waals surface area contributed by atoms with Gasteiger partial charge in [-0.2, -0.15) is 0 Å². The molecule has 6 N–H and O–H groups in total. The number of hydrogen-bond donors (Lipinski definition) is 4. The third-order valence-corrected chi connectivity index (χ3v) is 2.67. The summed E-state index contributed by atoms with van der Waals surface area (Å²) in [6.45, 7) is -1.39. The molecule has 10 nitrogen and oxygen atoms in total. The minimum absolute atomic E-state index is 0. The van der Waals surface area contributed by atoms with E-state index >= 15 is 0 Å². The summed E-state index contributed by atoms with van der Waals surface area (Å²) in [5, 5.41) is 37.4. The zero-order chi connectivity index (χ0) is 15.2. The van der Waals surface area contributed by atoms with E-state index in [1.165, 1.54) is 6.92 Å². The van der Waals surface area contributed by atoms with Crippen LogP contribution in [0.1, 0.15) is 16.2 Å². The van der Waals surface area contributed by atoms with Gasteiger partial charge in [-0.25, -0.2) is 14.4 Å². The van der Waals surface area contributed by atoms with Crippen LogP contribution >= 0.6 is 0 Å². The van der Waals surface area contributed by atoms with Crippen LogP contribution in [-0.2, 0) is 19.2 Å². The molecule has 0 rings (SSSR count). The Bertz CT molecular complexity index is 374. The van der Waals surface area contributed by atoms with E-state index in [4.69, 9.17) is 15.3 Å². The molecule has 0 aliphatic heterocycles. The van der Waals surface area contributed by atoms with Crippen LogP contribution < -0.4 is 70.4 Å². The Morgan fingerprint density at radius 2 is 1.23 bits per heavy atom. The Kier molecular flexibility index (Phi) is 17.9. The van der Waals surface area contributed by atoms with Gasteiger partial charge in [-0.05, 0) is 0 Å². The summed E-state index contributed by atoms with van der Waals surface area (Å²) in [4.78, 5) is 43.4. The van der Waals surface area contributed by atoms with Crippen LogP contribution in [0.25, 0.3) is 0 Å². The van der Waals surface area contributed by atoms with Crippen LogP contribution in [0, 0.1) is 0 Å². The van der Waals surface area contributed by atoms with Gasteiger partial charge < -0.3 is 34.2 Å². The van der Waals surface area contributed by atoms with Crippen molar-refractivity contribution < 1.29 is 106 Å². The van der Waals surface area contributed by atoms with Gasteiger partial charge in [0.15, 0.2) is 19.6 Å². The number of aliphatic carboxylic acids is 4. The van der Waals surface area contributed by atoms with Crippen LogP contribution in [0.2, 0.25) is 0 Å². The second kappa shape index (κ2) is 13.3. The molecular weight excluding hydrogens is 322 g/mol. The fourth-order valence-corrected chi connectivity index (χ4v) is 2.08. The number of nitrogens with zero attached hydrogens (tertiary/aromatic N) is 1. The molecule has 0 saturated heterocycles. The molecule has 0 amide bonds. The van der Waals surface area contributed by atoms with Crippen molar-refractivity contribution in [1.82, 2.24) is 6.15 Å². The molecule has 120 valence electrons. The van der Waals surface area contributed by atoms with Gasteiger partial charge in [0.1, 0.15) is 6.04 Å².